The van der Waals surface area contributed by atoms with Crippen LogP contribution in [-0.4, -0.2) is 18.2 Å². The second-order valence-corrected chi connectivity index (χ2v) is 3.95. The molecule has 10 heavy (non-hydrogen) atoms. The van der Waals surface area contributed by atoms with Crippen molar-refractivity contribution in [2.24, 2.45) is 5.92 Å². The largest absolute Gasteiger partial charge is 0.285 e. The molecule has 3 nitrogen and oxygen atoms in total. The van der Waals surface area contributed by atoms with Gasteiger partial charge in [-0.15, -0.1) is 12.3 Å². The van der Waals surface area contributed by atoms with Crippen molar-refractivity contribution < 1.29 is 13.0 Å². The molecule has 0 rings (SSSR count). The van der Waals surface area contributed by atoms with Gasteiger partial charge in [-0.25, -0.2) is 0 Å². The van der Waals surface area contributed by atoms with E-state index in [1.165, 1.54) is 6.92 Å². The van der Waals surface area contributed by atoms with Crippen molar-refractivity contribution in [3.05, 3.63) is 0 Å². The molecule has 0 bridgehead atoms. The Morgan fingerprint density at radius 2 is 1.90 bits per heavy atom. The van der Waals surface area contributed by atoms with Gasteiger partial charge in [0.05, 0.1) is 5.25 Å². The molecule has 0 amide bonds. The molecule has 0 aliphatic carbocycles. The molecule has 58 valence electrons. The van der Waals surface area contributed by atoms with Crippen molar-refractivity contribution in [1.82, 2.24) is 0 Å². The first kappa shape index (κ1) is 9.47. The summed E-state index contributed by atoms with van der Waals surface area (Å²) in [5, 5.41) is -0.877. The Labute approximate surface area is 61.2 Å². The highest BCUT2D eigenvalue weighted by Crippen LogP contribution is 2.08. The molecule has 0 aromatic rings. The van der Waals surface area contributed by atoms with E-state index >= 15 is 0 Å². The van der Waals surface area contributed by atoms with E-state index < -0.39 is 21.3 Å². The van der Waals surface area contributed by atoms with E-state index in [2.05, 4.69) is 5.92 Å². The quantitative estimate of drug-likeness (QED) is 0.476. The fourth-order valence-electron chi connectivity index (χ4n) is 0.393. The van der Waals surface area contributed by atoms with Crippen molar-refractivity contribution >= 4 is 10.1 Å². The minimum atomic E-state index is -3.96. The first-order valence-electron chi connectivity index (χ1n) is 2.82. The maximum absolute atomic E-state index is 10.4. The molecule has 0 saturated heterocycles. The molecule has 1 N–H and O–H groups in total. The molecular weight excluding hydrogens is 152 g/mol. The van der Waals surface area contributed by atoms with Crippen LogP contribution in [0.25, 0.3) is 0 Å². The lowest BCUT2D eigenvalue weighted by molar-refractivity contribution is 0.459. The highest BCUT2D eigenvalue weighted by molar-refractivity contribution is 7.86. The lowest BCUT2D eigenvalue weighted by Gasteiger charge is -2.09. The Balaban J connectivity index is 4.42. The SMILES string of the molecule is C#CC(C)C(C)S(=O)(=O)O. The Kier molecular flexibility index (Phi) is 2.88. The fourth-order valence-corrected chi connectivity index (χ4v) is 0.988. The molecule has 0 aliphatic rings. The summed E-state index contributed by atoms with van der Waals surface area (Å²) >= 11 is 0. The molecule has 2 unspecified atom stereocenters. The average Bonchev–Trinajstić information content (AvgIpc) is 1.83. The molecule has 0 spiro atoms. The zero-order valence-electron chi connectivity index (χ0n) is 5.90. The van der Waals surface area contributed by atoms with E-state index in [-0.39, 0.29) is 0 Å². The van der Waals surface area contributed by atoms with Gasteiger partial charge in [0.15, 0.2) is 0 Å². The topological polar surface area (TPSA) is 54.4 Å². The van der Waals surface area contributed by atoms with Crippen LogP contribution in [0.15, 0.2) is 0 Å². The zero-order chi connectivity index (χ0) is 8.36. The van der Waals surface area contributed by atoms with Crippen molar-refractivity contribution in [3.8, 4) is 12.3 Å². The monoisotopic (exact) mass is 162 g/mol. The van der Waals surface area contributed by atoms with Gasteiger partial charge in [0.25, 0.3) is 10.1 Å². The Morgan fingerprint density at radius 1 is 1.50 bits per heavy atom. The van der Waals surface area contributed by atoms with Crippen LogP contribution in [0, 0.1) is 18.3 Å². The van der Waals surface area contributed by atoms with Gasteiger partial charge in [0, 0.05) is 5.92 Å². The van der Waals surface area contributed by atoms with Crippen LogP contribution in [0.3, 0.4) is 0 Å². The number of hydrogen-bond donors (Lipinski definition) is 1. The second-order valence-electron chi connectivity index (χ2n) is 2.18. The predicted molar refractivity (Wildman–Crippen MR) is 39.0 cm³/mol. The molecule has 4 heteroatoms. The summed E-state index contributed by atoms with van der Waals surface area (Å²) in [6.07, 6.45) is 4.94. The average molecular weight is 162 g/mol. The minimum absolute atomic E-state index is 0.449. The molecule has 0 saturated carbocycles. The third kappa shape index (κ3) is 2.38. The molecule has 0 aliphatic heterocycles. The maximum Gasteiger partial charge on any atom is 0.268 e. The van der Waals surface area contributed by atoms with Gasteiger partial charge in [0.1, 0.15) is 0 Å². The van der Waals surface area contributed by atoms with Gasteiger partial charge in [-0.05, 0) is 6.92 Å². The smallest absolute Gasteiger partial charge is 0.268 e. The van der Waals surface area contributed by atoms with Crippen LogP contribution in [0.2, 0.25) is 0 Å². The van der Waals surface area contributed by atoms with Gasteiger partial charge in [-0.3, -0.25) is 4.55 Å². The minimum Gasteiger partial charge on any atom is -0.285 e. The van der Waals surface area contributed by atoms with Gasteiger partial charge >= 0.3 is 0 Å². The van der Waals surface area contributed by atoms with E-state index in [0.29, 0.717) is 0 Å². The van der Waals surface area contributed by atoms with Crippen LogP contribution < -0.4 is 0 Å². The number of rotatable bonds is 2. The zero-order valence-corrected chi connectivity index (χ0v) is 6.72. The third-order valence-electron chi connectivity index (χ3n) is 1.44. The highest BCUT2D eigenvalue weighted by atomic mass is 32.2. The molecule has 0 aromatic carbocycles. The van der Waals surface area contributed by atoms with Crippen molar-refractivity contribution in [3.63, 3.8) is 0 Å². The van der Waals surface area contributed by atoms with Gasteiger partial charge in [-0.2, -0.15) is 8.42 Å². The van der Waals surface area contributed by atoms with Crippen LogP contribution in [0.1, 0.15) is 13.8 Å². The van der Waals surface area contributed by atoms with Crippen molar-refractivity contribution in [2.75, 3.05) is 0 Å². The number of terminal acetylenes is 1. The summed E-state index contributed by atoms with van der Waals surface area (Å²) in [4.78, 5) is 0. The van der Waals surface area contributed by atoms with Crippen LogP contribution in [-0.2, 0) is 10.1 Å². The molecule has 0 aromatic heterocycles. The molecule has 2 atom stereocenters. The van der Waals surface area contributed by atoms with E-state index in [4.69, 9.17) is 11.0 Å². The summed E-state index contributed by atoms with van der Waals surface area (Å²) in [6.45, 7) is 2.94. The summed E-state index contributed by atoms with van der Waals surface area (Å²) in [6, 6.07) is 0. The Bertz CT molecular complexity index is 234. The van der Waals surface area contributed by atoms with E-state index in [9.17, 15) is 8.42 Å². The summed E-state index contributed by atoms with van der Waals surface area (Å²) in [7, 11) is -3.96. The van der Waals surface area contributed by atoms with Gasteiger partial charge in [-0.1, -0.05) is 6.92 Å². The lowest BCUT2D eigenvalue weighted by atomic mass is 10.1. The first-order valence-corrected chi connectivity index (χ1v) is 4.32. The van der Waals surface area contributed by atoms with E-state index in [1.807, 2.05) is 0 Å². The third-order valence-corrected chi connectivity index (χ3v) is 2.78. The van der Waals surface area contributed by atoms with Crippen LogP contribution >= 0.6 is 0 Å². The van der Waals surface area contributed by atoms with Crippen molar-refractivity contribution in [2.45, 2.75) is 19.1 Å². The van der Waals surface area contributed by atoms with E-state index in [0.717, 1.165) is 0 Å². The Hall–Kier alpha value is -0.530. The van der Waals surface area contributed by atoms with Crippen LogP contribution in [0.4, 0.5) is 0 Å². The lowest BCUT2D eigenvalue weighted by Crippen LogP contribution is -2.23. The second kappa shape index (κ2) is 3.04. The fraction of sp³-hybridized carbons (Fsp3) is 0.667. The molecular formula is C6H10O3S. The van der Waals surface area contributed by atoms with Gasteiger partial charge < -0.3 is 0 Å². The normalized spacial score (nSPS) is 17.4. The molecule has 0 heterocycles. The van der Waals surface area contributed by atoms with E-state index in [1.54, 1.807) is 6.92 Å². The number of hydrogen-bond acceptors (Lipinski definition) is 2. The predicted octanol–water partition coefficient (Wildman–Crippen LogP) is 0.532. The first-order chi connectivity index (χ1) is 4.39. The standard InChI is InChI=1S/C6H10O3S/c1-4-5(2)6(3)10(7,8)9/h1,5-6H,2-3H3,(H,7,8,9). The van der Waals surface area contributed by atoms with Gasteiger partial charge in [0.2, 0.25) is 0 Å². The molecule has 0 radical (unpaired) electrons. The summed E-state index contributed by atoms with van der Waals surface area (Å²) < 4.78 is 29.2. The molecule has 0 fully saturated rings. The summed E-state index contributed by atoms with van der Waals surface area (Å²) in [5.74, 6) is 1.78. The highest BCUT2D eigenvalue weighted by Gasteiger charge is 2.22. The van der Waals surface area contributed by atoms with Crippen LogP contribution in [0.5, 0.6) is 0 Å². The van der Waals surface area contributed by atoms with Crippen molar-refractivity contribution in [1.29, 1.82) is 0 Å². The Morgan fingerprint density at radius 3 is 2.00 bits per heavy atom. The summed E-state index contributed by atoms with van der Waals surface area (Å²) in [5.41, 5.74) is 0. The maximum atomic E-state index is 10.4.